The lowest BCUT2D eigenvalue weighted by molar-refractivity contribution is 0.0751. The Labute approximate surface area is 130 Å². The zero-order valence-corrected chi connectivity index (χ0v) is 14.3. The van der Waals surface area contributed by atoms with Gasteiger partial charge in [0, 0.05) is 28.8 Å². The molecule has 1 fully saturated rings. The van der Waals surface area contributed by atoms with Gasteiger partial charge in [-0.3, -0.25) is 4.79 Å². The summed E-state index contributed by atoms with van der Waals surface area (Å²) >= 11 is 0. The van der Waals surface area contributed by atoms with Crippen LogP contribution in [0.15, 0.2) is 11.0 Å². The summed E-state index contributed by atoms with van der Waals surface area (Å²) in [6.07, 6.45) is 2.04. The van der Waals surface area contributed by atoms with Gasteiger partial charge in [0.2, 0.25) is 0 Å². The fraction of sp³-hybridized carbons (Fsp3) is 0.533. The summed E-state index contributed by atoms with van der Waals surface area (Å²) in [4.78, 5) is 14.7. The van der Waals surface area contributed by atoms with E-state index in [1.807, 2.05) is 18.7 Å². The van der Waals surface area contributed by atoms with Crippen molar-refractivity contribution in [2.24, 2.45) is 0 Å². The zero-order chi connectivity index (χ0) is 15.9. The highest BCUT2D eigenvalue weighted by atomic mass is 35.7. The predicted molar refractivity (Wildman–Crippen MR) is 83.4 cm³/mol. The quantitative estimate of drug-likeness (QED) is 0.797. The van der Waals surface area contributed by atoms with Crippen molar-refractivity contribution in [1.29, 1.82) is 0 Å². The number of hydrogen-bond acceptors (Lipinski definition) is 3. The lowest BCUT2D eigenvalue weighted by atomic mass is 9.98. The van der Waals surface area contributed by atoms with E-state index < -0.39 is 9.05 Å². The van der Waals surface area contributed by atoms with Crippen molar-refractivity contribution in [3.8, 4) is 0 Å². The van der Waals surface area contributed by atoms with E-state index in [4.69, 9.17) is 10.7 Å². The third-order valence-electron chi connectivity index (χ3n) is 3.95. The van der Waals surface area contributed by atoms with Gasteiger partial charge in [0.15, 0.2) is 0 Å². The van der Waals surface area contributed by atoms with E-state index >= 15 is 0 Å². The van der Waals surface area contributed by atoms with Gasteiger partial charge < -0.3 is 4.90 Å². The van der Waals surface area contributed by atoms with Gasteiger partial charge in [-0.15, -0.1) is 0 Å². The number of hydrogen-bond donors (Lipinski definition) is 0. The van der Waals surface area contributed by atoms with Crippen LogP contribution in [0.5, 0.6) is 0 Å². The van der Waals surface area contributed by atoms with Crippen LogP contribution in [-0.4, -0.2) is 31.8 Å². The number of amides is 1. The Balaban J connectivity index is 2.61. The summed E-state index contributed by atoms with van der Waals surface area (Å²) in [6.45, 7) is 7.75. The highest BCUT2D eigenvalue weighted by Crippen LogP contribution is 2.33. The second-order valence-corrected chi connectivity index (χ2v) is 8.10. The highest BCUT2D eigenvalue weighted by Gasteiger charge is 2.34. The van der Waals surface area contributed by atoms with Crippen molar-refractivity contribution < 1.29 is 13.2 Å². The van der Waals surface area contributed by atoms with Gasteiger partial charge in [-0.25, -0.2) is 8.42 Å². The lowest BCUT2D eigenvalue weighted by Gasteiger charge is -2.23. The van der Waals surface area contributed by atoms with Crippen molar-refractivity contribution in [1.82, 2.24) is 4.90 Å². The topological polar surface area (TPSA) is 54.5 Å². The van der Waals surface area contributed by atoms with E-state index in [9.17, 15) is 13.2 Å². The van der Waals surface area contributed by atoms with Crippen molar-refractivity contribution in [3.63, 3.8) is 0 Å². The van der Waals surface area contributed by atoms with E-state index in [0.717, 1.165) is 18.4 Å². The molecule has 1 amide bonds. The molecule has 1 saturated carbocycles. The molecule has 1 aromatic carbocycles. The van der Waals surface area contributed by atoms with Crippen LogP contribution in [0.3, 0.4) is 0 Å². The molecule has 1 aromatic rings. The minimum atomic E-state index is -3.87. The van der Waals surface area contributed by atoms with E-state index in [1.165, 1.54) is 0 Å². The van der Waals surface area contributed by atoms with Gasteiger partial charge in [-0.2, -0.15) is 0 Å². The largest absolute Gasteiger partial charge is 0.336 e. The maximum Gasteiger partial charge on any atom is 0.261 e. The van der Waals surface area contributed by atoms with Gasteiger partial charge in [-0.05, 0) is 57.2 Å². The van der Waals surface area contributed by atoms with Gasteiger partial charge in [0.1, 0.15) is 0 Å². The standard InChI is InChI=1S/C15H20ClNO3S/c1-5-17(12-6-7-12)15(18)13-9(2)8-10(3)14(11(13)4)21(16,19)20/h8,12H,5-7H2,1-4H3. The number of carbonyl (C=O) groups excluding carboxylic acids is 1. The van der Waals surface area contributed by atoms with Gasteiger partial charge in [0.05, 0.1) is 4.90 Å². The number of rotatable bonds is 4. The third-order valence-corrected chi connectivity index (χ3v) is 5.53. The molecule has 1 aliphatic rings. The first-order valence-electron chi connectivity index (χ1n) is 7.04. The van der Waals surface area contributed by atoms with E-state index in [0.29, 0.717) is 29.3 Å². The molecule has 0 bridgehead atoms. The fourth-order valence-corrected chi connectivity index (χ4v) is 4.59. The summed E-state index contributed by atoms with van der Waals surface area (Å²) in [5.41, 5.74) is 2.28. The molecule has 0 radical (unpaired) electrons. The maximum atomic E-state index is 12.8. The van der Waals surface area contributed by atoms with Crippen molar-refractivity contribution in [2.75, 3.05) is 6.54 Å². The van der Waals surface area contributed by atoms with Crippen LogP contribution in [0, 0.1) is 20.8 Å². The fourth-order valence-electron chi connectivity index (χ4n) is 2.97. The molecular formula is C15H20ClNO3S. The molecule has 6 heteroatoms. The number of aryl methyl sites for hydroxylation is 2. The molecule has 1 aliphatic carbocycles. The van der Waals surface area contributed by atoms with E-state index in [1.54, 1.807) is 19.9 Å². The maximum absolute atomic E-state index is 12.8. The Hall–Kier alpha value is -1.07. The molecule has 0 aromatic heterocycles. The van der Waals surface area contributed by atoms with Crippen LogP contribution in [-0.2, 0) is 9.05 Å². The summed E-state index contributed by atoms with van der Waals surface area (Å²) in [5, 5.41) is 0. The molecular weight excluding hydrogens is 310 g/mol. The molecule has 21 heavy (non-hydrogen) atoms. The second kappa shape index (κ2) is 5.61. The van der Waals surface area contributed by atoms with Crippen molar-refractivity contribution in [3.05, 3.63) is 28.3 Å². The molecule has 0 atom stereocenters. The minimum absolute atomic E-state index is 0.0602. The molecule has 0 N–H and O–H groups in total. The average molecular weight is 330 g/mol. The molecule has 0 unspecified atom stereocenters. The zero-order valence-electron chi connectivity index (χ0n) is 12.7. The Morgan fingerprint density at radius 1 is 1.29 bits per heavy atom. The molecule has 4 nitrogen and oxygen atoms in total. The summed E-state index contributed by atoms with van der Waals surface area (Å²) < 4.78 is 23.6. The Morgan fingerprint density at radius 3 is 2.29 bits per heavy atom. The van der Waals surface area contributed by atoms with Crippen molar-refractivity contribution in [2.45, 2.75) is 51.5 Å². The first-order valence-corrected chi connectivity index (χ1v) is 9.35. The van der Waals surface area contributed by atoms with E-state index in [2.05, 4.69) is 0 Å². The summed E-state index contributed by atoms with van der Waals surface area (Å²) in [6, 6.07) is 2.01. The highest BCUT2D eigenvalue weighted by molar-refractivity contribution is 8.13. The van der Waals surface area contributed by atoms with Crippen molar-refractivity contribution >= 4 is 25.6 Å². The molecule has 0 saturated heterocycles. The predicted octanol–water partition coefficient (Wildman–Crippen LogP) is 3.16. The van der Waals surface area contributed by atoms with E-state index in [-0.39, 0.29) is 10.8 Å². The monoisotopic (exact) mass is 329 g/mol. The SMILES string of the molecule is CCN(C(=O)c1c(C)cc(C)c(S(=O)(=O)Cl)c1C)C1CC1. The average Bonchev–Trinajstić information content (AvgIpc) is 3.11. The number of halogens is 1. The molecule has 0 aliphatic heterocycles. The van der Waals surface area contributed by atoms with Crippen LogP contribution >= 0.6 is 10.7 Å². The lowest BCUT2D eigenvalue weighted by Crippen LogP contribution is -2.34. The van der Waals surface area contributed by atoms with Crippen LogP contribution < -0.4 is 0 Å². The molecule has 0 spiro atoms. The molecule has 2 rings (SSSR count). The summed E-state index contributed by atoms with van der Waals surface area (Å²) in [7, 11) is 1.66. The first-order chi connectivity index (χ1) is 9.68. The molecule has 0 heterocycles. The van der Waals surface area contributed by atoms with Crippen LogP contribution in [0.1, 0.15) is 46.8 Å². The Morgan fingerprint density at radius 2 is 1.86 bits per heavy atom. The summed E-state index contributed by atoms with van der Waals surface area (Å²) in [5.74, 6) is -0.100. The first kappa shape index (κ1) is 16.3. The smallest absolute Gasteiger partial charge is 0.261 e. The van der Waals surface area contributed by atoms with Gasteiger partial charge in [-0.1, -0.05) is 6.07 Å². The number of carbonyl (C=O) groups is 1. The number of nitrogens with zero attached hydrogens (tertiary/aromatic N) is 1. The van der Waals surface area contributed by atoms with Crippen LogP contribution in [0.4, 0.5) is 0 Å². The minimum Gasteiger partial charge on any atom is -0.336 e. The Kier molecular flexibility index (Phi) is 4.36. The van der Waals surface area contributed by atoms with Crippen LogP contribution in [0.2, 0.25) is 0 Å². The van der Waals surface area contributed by atoms with Crippen LogP contribution in [0.25, 0.3) is 0 Å². The van der Waals surface area contributed by atoms with Gasteiger partial charge >= 0.3 is 0 Å². The third kappa shape index (κ3) is 3.09. The number of benzene rings is 1. The Bertz CT molecular complexity index is 693. The van der Waals surface area contributed by atoms with Gasteiger partial charge in [0.25, 0.3) is 15.0 Å². The normalized spacial score (nSPS) is 15.1. The second-order valence-electron chi connectivity index (χ2n) is 5.60. The molecule has 116 valence electrons.